The number of rotatable bonds is 12. The van der Waals surface area contributed by atoms with E-state index in [9.17, 15) is 41.0 Å². The van der Waals surface area contributed by atoms with Gasteiger partial charge in [0.1, 0.15) is 0 Å². The fourth-order valence-electron chi connectivity index (χ4n) is 6.09. The Bertz CT molecular complexity index is 2930. The van der Waals surface area contributed by atoms with Crippen LogP contribution in [0.5, 0.6) is 0 Å². The van der Waals surface area contributed by atoms with Crippen LogP contribution in [0.4, 0.5) is 49.6 Å². The largest absolute Gasteiger partial charge is 0.478 e. The fourth-order valence-corrected chi connectivity index (χ4v) is 7.93. The lowest BCUT2D eigenvalue weighted by Gasteiger charge is -2.22. The van der Waals surface area contributed by atoms with Crippen LogP contribution in [0.15, 0.2) is 95.0 Å². The summed E-state index contributed by atoms with van der Waals surface area (Å²) in [6.45, 7) is 1.80. The molecule has 0 unspecified atom stereocenters. The lowest BCUT2D eigenvalue weighted by Crippen LogP contribution is -2.28. The number of hydrogen-bond acceptors (Lipinski definition) is 20. The first kappa shape index (κ1) is 44.7. The number of carbonyl (C=O) groups excluding carboxylic acids is 1. The molecule has 1 N–H and O–H groups in total. The number of nitrogens with zero attached hydrogens (tertiary/aromatic N) is 15. The van der Waals surface area contributed by atoms with E-state index >= 15 is 0 Å². The average Bonchev–Trinajstić information content (AvgIpc) is 4.18. The summed E-state index contributed by atoms with van der Waals surface area (Å²) in [4.78, 5) is 54.9. The summed E-state index contributed by atoms with van der Waals surface area (Å²) >= 11 is 2.32. The number of hydrogen-bond donors (Lipinski definition) is 1. The van der Waals surface area contributed by atoms with Crippen molar-refractivity contribution < 1.29 is 50.1 Å². The predicted molar refractivity (Wildman–Crippen MR) is 217 cm³/mol. The summed E-state index contributed by atoms with van der Waals surface area (Å²) in [7, 11) is 0. The van der Waals surface area contributed by atoms with Crippen molar-refractivity contribution in [3.05, 3.63) is 119 Å². The van der Waals surface area contributed by atoms with Crippen LogP contribution >= 0.6 is 22.7 Å². The van der Waals surface area contributed by atoms with Gasteiger partial charge in [-0.15, -0.1) is 32.9 Å². The molecule has 0 aromatic carbocycles. The van der Waals surface area contributed by atoms with E-state index in [1.165, 1.54) is 54.6 Å². The third-order valence-corrected chi connectivity index (χ3v) is 11.2. The lowest BCUT2D eigenvalue weighted by atomic mass is 10.2. The molecule has 0 saturated carbocycles. The van der Waals surface area contributed by atoms with E-state index in [1.807, 2.05) is 0 Å². The van der Waals surface area contributed by atoms with Crippen molar-refractivity contribution in [3.63, 3.8) is 0 Å². The zero-order chi connectivity index (χ0) is 46.4. The molecular weight excluding hydrogens is 925 g/mol. The number of likely N-dealkylation sites (tertiary alicyclic amines) is 1. The molecule has 1 aliphatic heterocycles. The fraction of sp³-hybridized carbons (Fsp3) is 0.211. The molecule has 1 fully saturated rings. The molecule has 8 aromatic heterocycles. The maximum atomic E-state index is 12.9. The molecule has 9 rings (SSSR count). The minimum absolute atomic E-state index is 0.0720. The highest BCUT2D eigenvalue weighted by molar-refractivity contribution is 7.15. The maximum absolute atomic E-state index is 12.9. The highest BCUT2D eigenvalue weighted by Crippen LogP contribution is 2.35. The number of carboxylic acid groups (broad SMARTS) is 1. The summed E-state index contributed by atoms with van der Waals surface area (Å²) in [5.74, 6) is -3.06. The van der Waals surface area contributed by atoms with Crippen molar-refractivity contribution in [1.29, 1.82) is 0 Å². The molecule has 66 heavy (non-hydrogen) atoms. The number of alkyl halides is 6. The molecule has 1 aliphatic rings. The quantitative estimate of drug-likeness (QED) is 0.117. The second-order valence-electron chi connectivity index (χ2n) is 13.6. The van der Waals surface area contributed by atoms with Crippen LogP contribution in [0.3, 0.4) is 0 Å². The van der Waals surface area contributed by atoms with Gasteiger partial charge in [-0.25, -0.2) is 14.8 Å². The molecule has 0 aliphatic carbocycles. The van der Waals surface area contributed by atoms with Crippen LogP contribution in [0, 0.1) is 0 Å². The Morgan fingerprint density at radius 2 is 1.12 bits per heavy atom. The zero-order valence-electron chi connectivity index (χ0n) is 33.2. The molecule has 338 valence electrons. The number of carboxylic acids is 1. The molecule has 20 nitrogen and oxygen atoms in total. The smallest absolute Gasteiger partial charge is 0.471 e. The molecule has 28 heteroatoms. The van der Waals surface area contributed by atoms with Gasteiger partial charge in [-0.2, -0.15) is 46.5 Å². The molecule has 1 amide bonds. The Hall–Kier alpha value is -7.88. The normalized spacial score (nSPS) is 12.7. The number of aromatic nitrogens is 12. The van der Waals surface area contributed by atoms with Gasteiger partial charge < -0.3 is 28.9 Å². The van der Waals surface area contributed by atoms with Gasteiger partial charge in [-0.1, -0.05) is 10.3 Å². The zero-order valence-corrected chi connectivity index (χ0v) is 34.8. The topological polar surface area (TPSA) is 245 Å². The first-order chi connectivity index (χ1) is 31.7. The van der Waals surface area contributed by atoms with Crippen molar-refractivity contribution >= 4 is 57.8 Å². The molecule has 8 aromatic rings. The number of carbonyl (C=O) groups is 2. The standard InChI is InChI=1S/C21H17F3N8O2S.C17H10F3N7O3S/c22-21(23,24)20-28-18(30-34-20)15-4-3-14(35-15)12-32(17-11-25-5-6-26-17)16-9-13(10-27-29-16)19(33)31-7-1-2-8-31;18-17(19,20)16-24-14(26-30-16)11-2-1-10(31-11)8-27(13-7-21-3-4-22-13)12-5-9(15(28)29)6-23-25-12/h3-6,9-11H,1-2,7-8,12H2;1-7H,8H2,(H,28,29). The first-order valence-corrected chi connectivity index (χ1v) is 20.6. The van der Waals surface area contributed by atoms with Crippen LogP contribution in [-0.4, -0.2) is 95.6 Å². The van der Waals surface area contributed by atoms with Gasteiger partial charge in [0.05, 0.1) is 58.8 Å². The van der Waals surface area contributed by atoms with E-state index in [-0.39, 0.29) is 42.0 Å². The predicted octanol–water partition coefficient (Wildman–Crippen LogP) is 7.40. The Kier molecular flexibility index (Phi) is 12.9. The van der Waals surface area contributed by atoms with Crippen molar-refractivity contribution in [2.45, 2.75) is 38.3 Å². The minimum Gasteiger partial charge on any atom is -0.478 e. The highest BCUT2D eigenvalue weighted by atomic mass is 32.1. The van der Waals surface area contributed by atoms with E-state index in [1.54, 1.807) is 51.2 Å². The monoisotopic (exact) mass is 951 g/mol. The summed E-state index contributed by atoms with van der Waals surface area (Å²) < 4.78 is 85.1. The number of thiophene rings is 2. The molecule has 0 atom stereocenters. The van der Waals surface area contributed by atoms with E-state index < -0.39 is 30.1 Å². The second-order valence-corrected chi connectivity index (χ2v) is 15.9. The molecular formula is C38H27F6N15O5S2. The Morgan fingerprint density at radius 3 is 1.55 bits per heavy atom. The molecule has 0 radical (unpaired) electrons. The molecule has 1 saturated heterocycles. The number of amides is 1. The van der Waals surface area contributed by atoms with Gasteiger partial charge in [0.25, 0.3) is 5.91 Å². The second kappa shape index (κ2) is 19.1. The third-order valence-electron chi connectivity index (χ3n) is 9.10. The van der Waals surface area contributed by atoms with Gasteiger partial charge in [0.15, 0.2) is 23.3 Å². The molecule has 0 spiro atoms. The molecule has 0 bridgehead atoms. The van der Waals surface area contributed by atoms with Gasteiger partial charge in [-0.3, -0.25) is 14.8 Å². The van der Waals surface area contributed by atoms with Gasteiger partial charge in [0, 0.05) is 47.6 Å². The summed E-state index contributed by atoms with van der Waals surface area (Å²) in [5.41, 5.74) is 0.335. The van der Waals surface area contributed by atoms with Gasteiger partial charge in [0.2, 0.25) is 11.6 Å². The van der Waals surface area contributed by atoms with Crippen molar-refractivity contribution in [1.82, 2.24) is 65.5 Å². The number of aromatic carboxylic acids is 1. The van der Waals surface area contributed by atoms with Crippen LogP contribution in [-0.2, 0) is 25.4 Å². The van der Waals surface area contributed by atoms with Gasteiger partial charge >= 0.3 is 30.1 Å². The molecule has 9 heterocycles. The Labute approximate surface area is 373 Å². The third kappa shape index (κ3) is 10.6. The summed E-state index contributed by atoms with van der Waals surface area (Å²) in [6.07, 6.45) is 3.99. The first-order valence-electron chi connectivity index (χ1n) is 18.9. The Balaban J connectivity index is 0.000000181. The lowest BCUT2D eigenvalue weighted by molar-refractivity contribution is -0.160. The number of halogens is 6. The van der Waals surface area contributed by atoms with Gasteiger partial charge in [-0.05, 0) is 49.2 Å². The van der Waals surface area contributed by atoms with Crippen LogP contribution in [0.2, 0.25) is 0 Å². The van der Waals surface area contributed by atoms with Crippen molar-refractivity contribution in [2.75, 3.05) is 22.9 Å². The van der Waals surface area contributed by atoms with E-state index in [0.717, 1.165) is 35.3 Å². The van der Waals surface area contributed by atoms with Crippen molar-refractivity contribution in [3.8, 4) is 21.4 Å². The van der Waals surface area contributed by atoms with Crippen LogP contribution < -0.4 is 9.80 Å². The maximum Gasteiger partial charge on any atom is 0.471 e. The van der Waals surface area contributed by atoms with E-state index in [2.05, 4.69) is 69.7 Å². The van der Waals surface area contributed by atoms with E-state index in [4.69, 9.17) is 0 Å². The highest BCUT2D eigenvalue weighted by Gasteiger charge is 2.39. The van der Waals surface area contributed by atoms with Crippen LogP contribution in [0.25, 0.3) is 21.4 Å². The Morgan fingerprint density at radius 1 is 0.652 bits per heavy atom. The summed E-state index contributed by atoms with van der Waals surface area (Å²) in [6, 6.07) is 9.54. The van der Waals surface area contributed by atoms with Crippen molar-refractivity contribution in [2.24, 2.45) is 0 Å². The SMILES string of the molecule is O=C(O)c1cnnc(N(Cc2ccc(-c3noc(C(F)(F)F)n3)s2)c2cnccn2)c1.O=C(c1cnnc(N(Cc2ccc(-c3noc(C(F)(F)F)n3)s2)c2cnccn2)c1)N1CCCC1. The number of anilines is 4. The summed E-state index contributed by atoms with van der Waals surface area (Å²) in [5, 5.41) is 31.9. The average molecular weight is 952 g/mol. The van der Waals surface area contributed by atoms with Crippen LogP contribution in [0.1, 0.15) is 55.1 Å². The minimum atomic E-state index is -4.73. The van der Waals surface area contributed by atoms with E-state index in [0.29, 0.717) is 50.7 Å².